The normalized spacial score (nSPS) is 21.0. The SMILES string of the molecule is CNC1CCC(Oc2cc3c(cc2OC)NC(c2ccc(F)c(Cl)c2)=N[CH]3)CC1. The molecule has 7 heteroatoms. The highest BCUT2D eigenvalue weighted by Gasteiger charge is 2.24. The van der Waals surface area contributed by atoms with Crippen molar-refractivity contribution in [3.8, 4) is 11.5 Å². The molecule has 0 saturated heterocycles. The van der Waals surface area contributed by atoms with Gasteiger partial charge in [-0.2, -0.15) is 0 Å². The summed E-state index contributed by atoms with van der Waals surface area (Å²) in [7, 11) is 3.64. The summed E-state index contributed by atoms with van der Waals surface area (Å²) in [4.78, 5) is 4.47. The molecule has 2 aromatic carbocycles. The third-order valence-electron chi connectivity index (χ3n) is 5.49. The minimum absolute atomic E-state index is 0.0621. The van der Waals surface area contributed by atoms with Gasteiger partial charge in [0.25, 0.3) is 0 Å². The zero-order valence-electron chi connectivity index (χ0n) is 16.5. The van der Waals surface area contributed by atoms with Gasteiger partial charge in [0.15, 0.2) is 11.5 Å². The van der Waals surface area contributed by atoms with E-state index in [-0.39, 0.29) is 11.1 Å². The molecular weight excluding hydrogens is 393 g/mol. The van der Waals surface area contributed by atoms with Gasteiger partial charge >= 0.3 is 0 Å². The zero-order chi connectivity index (χ0) is 20.4. The Kier molecular flexibility index (Phi) is 5.92. The van der Waals surface area contributed by atoms with Crippen LogP contribution < -0.4 is 20.1 Å². The van der Waals surface area contributed by atoms with E-state index in [1.54, 1.807) is 25.8 Å². The Labute approximate surface area is 175 Å². The first kappa shape index (κ1) is 20.0. The summed E-state index contributed by atoms with van der Waals surface area (Å²) in [6, 6.07) is 8.95. The van der Waals surface area contributed by atoms with Crippen LogP contribution in [-0.2, 0) is 0 Å². The Morgan fingerprint density at radius 1 is 1.14 bits per heavy atom. The molecule has 2 aromatic rings. The number of halogens is 2. The van der Waals surface area contributed by atoms with Crippen LogP contribution in [0.1, 0.15) is 36.8 Å². The predicted octanol–water partition coefficient (Wildman–Crippen LogP) is 4.78. The minimum Gasteiger partial charge on any atom is -0.493 e. The molecule has 1 radical (unpaired) electrons. The summed E-state index contributed by atoms with van der Waals surface area (Å²) in [6.07, 6.45) is 4.43. The second-order valence-corrected chi connectivity index (χ2v) is 7.74. The van der Waals surface area contributed by atoms with Crippen molar-refractivity contribution in [2.75, 3.05) is 19.5 Å². The van der Waals surface area contributed by atoms with Crippen molar-refractivity contribution in [1.29, 1.82) is 0 Å². The molecule has 2 aliphatic rings. The Hall–Kier alpha value is -2.31. The molecule has 0 amide bonds. The number of fused-ring (bicyclic) bond motifs is 1. The fourth-order valence-corrected chi connectivity index (χ4v) is 3.96. The first-order valence-corrected chi connectivity index (χ1v) is 10.1. The van der Waals surface area contributed by atoms with Gasteiger partial charge in [0.05, 0.1) is 18.2 Å². The van der Waals surface area contributed by atoms with Gasteiger partial charge in [0, 0.05) is 28.9 Å². The van der Waals surface area contributed by atoms with Crippen LogP contribution in [0.5, 0.6) is 11.5 Å². The second-order valence-electron chi connectivity index (χ2n) is 7.33. The van der Waals surface area contributed by atoms with Gasteiger partial charge in [-0.3, -0.25) is 4.99 Å². The average molecular weight is 417 g/mol. The van der Waals surface area contributed by atoms with E-state index in [0.29, 0.717) is 23.2 Å². The Bertz CT molecular complexity index is 927. The summed E-state index contributed by atoms with van der Waals surface area (Å²) >= 11 is 5.90. The lowest BCUT2D eigenvalue weighted by molar-refractivity contribution is 0.137. The van der Waals surface area contributed by atoms with Crippen molar-refractivity contribution >= 4 is 23.1 Å². The summed E-state index contributed by atoms with van der Waals surface area (Å²) in [5.41, 5.74) is 2.46. The lowest BCUT2D eigenvalue weighted by atomic mass is 9.93. The predicted molar refractivity (Wildman–Crippen MR) is 114 cm³/mol. The maximum Gasteiger partial charge on any atom is 0.162 e. The van der Waals surface area contributed by atoms with E-state index < -0.39 is 5.82 Å². The number of rotatable bonds is 5. The van der Waals surface area contributed by atoms with Gasteiger partial charge in [-0.05, 0) is 57.0 Å². The third-order valence-corrected chi connectivity index (χ3v) is 5.78. The average Bonchev–Trinajstić information content (AvgIpc) is 2.75. The highest BCUT2D eigenvalue weighted by Crippen LogP contribution is 2.38. The van der Waals surface area contributed by atoms with Crippen molar-refractivity contribution in [3.63, 3.8) is 0 Å². The van der Waals surface area contributed by atoms with Gasteiger partial charge in [-0.1, -0.05) is 11.6 Å². The topological polar surface area (TPSA) is 54.9 Å². The number of nitrogens with zero attached hydrogens (tertiary/aromatic N) is 1. The fourth-order valence-electron chi connectivity index (χ4n) is 3.78. The number of hydrogen-bond donors (Lipinski definition) is 2. The van der Waals surface area contributed by atoms with Crippen molar-refractivity contribution in [2.45, 2.75) is 37.8 Å². The van der Waals surface area contributed by atoms with Gasteiger partial charge in [-0.25, -0.2) is 4.39 Å². The molecule has 0 atom stereocenters. The van der Waals surface area contributed by atoms with Crippen molar-refractivity contribution in [3.05, 3.63) is 58.8 Å². The molecule has 4 rings (SSSR count). The quantitative estimate of drug-likeness (QED) is 0.736. The molecule has 1 aliphatic heterocycles. The molecular formula is C22H24ClFN3O2. The standard InChI is InChI=1S/C22H24ClFN3O2/c1-25-15-4-6-16(7-5-15)29-21-10-14-12-26-22(27-19(14)11-20(21)28-2)13-3-8-18(24)17(23)9-13/h3,8-12,15-16,25H,4-7H2,1-2H3,(H,26,27). The van der Waals surface area contributed by atoms with Crippen molar-refractivity contribution < 1.29 is 13.9 Å². The van der Waals surface area contributed by atoms with E-state index >= 15 is 0 Å². The maximum atomic E-state index is 13.4. The van der Waals surface area contributed by atoms with Crippen LogP contribution in [0.2, 0.25) is 5.02 Å². The number of hydrogen-bond acceptors (Lipinski definition) is 5. The molecule has 1 fully saturated rings. The molecule has 5 nitrogen and oxygen atoms in total. The molecule has 1 heterocycles. The maximum absolute atomic E-state index is 13.4. The second kappa shape index (κ2) is 8.59. The zero-order valence-corrected chi connectivity index (χ0v) is 17.2. The minimum atomic E-state index is -0.455. The molecule has 0 unspecified atom stereocenters. The van der Waals surface area contributed by atoms with Crippen LogP contribution in [0, 0.1) is 12.4 Å². The molecule has 1 saturated carbocycles. The van der Waals surface area contributed by atoms with Crippen LogP contribution in [-0.4, -0.2) is 32.1 Å². The third kappa shape index (κ3) is 4.33. The Morgan fingerprint density at radius 3 is 2.62 bits per heavy atom. The number of methoxy groups -OCH3 is 1. The Morgan fingerprint density at radius 2 is 1.93 bits per heavy atom. The van der Waals surface area contributed by atoms with Gasteiger partial charge in [0.2, 0.25) is 0 Å². The van der Waals surface area contributed by atoms with Gasteiger partial charge < -0.3 is 20.1 Å². The number of aliphatic imine (C=N–C) groups is 1. The smallest absolute Gasteiger partial charge is 0.162 e. The highest BCUT2D eigenvalue weighted by molar-refractivity contribution is 6.31. The molecule has 0 spiro atoms. The van der Waals surface area contributed by atoms with Crippen LogP contribution >= 0.6 is 11.6 Å². The summed E-state index contributed by atoms with van der Waals surface area (Å²) in [5.74, 6) is 1.53. The summed E-state index contributed by atoms with van der Waals surface area (Å²) < 4.78 is 25.3. The monoisotopic (exact) mass is 416 g/mol. The lowest BCUT2D eigenvalue weighted by Gasteiger charge is -2.29. The Balaban J connectivity index is 1.52. The van der Waals surface area contributed by atoms with E-state index in [0.717, 1.165) is 42.7 Å². The van der Waals surface area contributed by atoms with E-state index in [9.17, 15) is 4.39 Å². The summed E-state index contributed by atoms with van der Waals surface area (Å²) in [6.45, 7) is 1.77. The molecule has 0 aromatic heterocycles. The fraction of sp³-hybridized carbons (Fsp3) is 0.364. The van der Waals surface area contributed by atoms with Gasteiger partial charge in [0.1, 0.15) is 18.2 Å². The van der Waals surface area contributed by atoms with E-state index in [1.807, 2.05) is 19.2 Å². The summed E-state index contributed by atoms with van der Waals surface area (Å²) in [5, 5.41) is 6.67. The molecule has 153 valence electrons. The number of amidine groups is 1. The molecule has 0 bridgehead atoms. The number of ether oxygens (including phenoxy) is 2. The number of anilines is 1. The number of nitrogens with one attached hydrogen (secondary N) is 2. The molecule has 29 heavy (non-hydrogen) atoms. The van der Waals surface area contributed by atoms with E-state index in [2.05, 4.69) is 15.6 Å². The van der Waals surface area contributed by atoms with Crippen molar-refractivity contribution in [2.24, 2.45) is 4.99 Å². The lowest BCUT2D eigenvalue weighted by Crippen LogP contribution is -2.34. The number of benzene rings is 2. The van der Waals surface area contributed by atoms with Crippen LogP contribution in [0.15, 0.2) is 35.3 Å². The highest BCUT2D eigenvalue weighted by atomic mass is 35.5. The van der Waals surface area contributed by atoms with E-state index in [4.69, 9.17) is 21.1 Å². The molecule has 2 N–H and O–H groups in total. The van der Waals surface area contributed by atoms with E-state index in [1.165, 1.54) is 6.07 Å². The van der Waals surface area contributed by atoms with Crippen LogP contribution in [0.25, 0.3) is 0 Å². The first-order chi connectivity index (χ1) is 14.1. The molecule has 1 aliphatic carbocycles. The van der Waals surface area contributed by atoms with Crippen LogP contribution in [0.4, 0.5) is 10.1 Å². The van der Waals surface area contributed by atoms with Crippen molar-refractivity contribution in [1.82, 2.24) is 5.32 Å². The van der Waals surface area contributed by atoms with Gasteiger partial charge in [-0.15, -0.1) is 0 Å². The first-order valence-electron chi connectivity index (χ1n) is 9.77. The van der Waals surface area contributed by atoms with Crippen LogP contribution in [0.3, 0.4) is 0 Å². The largest absolute Gasteiger partial charge is 0.493 e.